The fourth-order valence-corrected chi connectivity index (χ4v) is 5.12. The molecule has 0 saturated heterocycles. The third-order valence-electron chi connectivity index (χ3n) is 7.17. The van der Waals surface area contributed by atoms with E-state index in [-0.39, 0.29) is 11.3 Å². The van der Waals surface area contributed by atoms with Gasteiger partial charge in [0.25, 0.3) is 5.91 Å². The van der Waals surface area contributed by atoms with Gasteiger partial charge in [0.2, 0.25) is 5.78 Å². The van der Waals surface area contributed by atoms with Crippen molar-refractivity contribution >= 4 is 22.7 Å². The molecule has 3 aromatic carbocycles. The summed E-state index contributed by atoms with van der Waals surface area (Å²) in [7, 11) is 1.53. The van der Waals surface area contributed by atoms with Crippen molar-refractivity contribution < 1.29 is 28.6 Å². The zero-order valence-corrected chi connectivity index (χ0v) is 22.8. The molecule has 0 aliphatic carbocycles. The third kappa shape index (κ3) is 5.45. The Bertz CT molecular complexity index is 1540. The molecule has 1 atom stereocenters. The lowest BCUT2D eigenvalue weighted by molar-refractivity contribution is -0.129. The molecule has 2 heterocycles. The number of carbonyl (C=O) groups excluding carboxylic acids is 2. The number of ketones is 1. The number of methoxy groups -OCH3 is 1. The number of para-hydroxylation sites is 1. The summed E-state index contributed by atoms with van der Waals surface area (Å²) in [4.78, 5) is 28.9. The van der Waals surface area contributed by atoms with Crippen molar-refractivity contribution in [3.63, 3.8) is 0 Å². The number of aliphatic hydroxyl groups is 1. The lowest BCUT2D eigenvalue weighted by Crippen LogP contribution is -2.33. The van der Waals surface area contributed by atoms with Gasteiger partial charge in [-0.25, -0.2) is 0 Å². The van der Waals surface area contributed by atoms with Gasteiger partial charge in [-0.15, -0.1) is 0 Å². The Balaban J connectivity index is 1.51. The van der Waals surface area contributed by atoms with E-state index in [4.69, 9.17) is 13.9 Å². The molecule has 0 bridgehead atoms. The quantitative estimate of drug-likeness (QED) is 0.157. The minimum atomic E-state index is -0.807. The van der Waals surface area contributed by atoms with Crippen molar-refractivity contribution in [1.82, 2.24) is 4.90 Å². The van der Waals surface area contributed by atoms with Crippen molar-refractivity contribution in [2.75, 3.05) is 20.3 Å². The monoisotopic (exact) mass is 539 g/mol. The fraction of sp³-hybridized carbons (Fsp3) is 0.273. The maximum absolute atomic E-state index is 13.9. The number of nitrogens with zero attached hydrogens (tertiary/aromatic N) is 1. The van der Waals surface area contributed by atoms with Crippen molar-refractivity contribution in [2.24, 2.45) is 0 Å². The van der Waals surface area contributed by atoms with Crippen LogP contribution in [-0.4, -0.2) is 42.0 Å². The van der Waals surface area contributed by atoms with Crippen LogP contribution in [0.4, 0.5) is 0 Å². The van der Waals surface area contributed by atoms with E-state index in [0.29, 0.717) is 47.6 Å². The highest BCUT2D eigenvalue weighted by Crippen LogP contribution is 2.41. The van der Waals surface area contributed by atoms with Crippen molar-refractivity contribution in [3.05, 3.63) is 107 Å². The summed E-state index contributed by atoms with van der Waals surface area (Å²) in [6.07, 6.45) is 3.66. The van der Waals surface area contributed by atoms with E-state index < -0.39 is 23.5 Å². The number of Topliss-reactive ketones (excluding diaryl/α,β-unsaturated/α-hetero) is 1. The Kier molecular flexibility index (Phi) is 8.20. The molecule has 1 aliphatic heterocycles. The molecule has 7 heteroatoms. The maximum atomic E-state index is 13.9. The highest BCUT2D eigenvalue weighted by atomic mass is 16.5. The first kappa shape index (κ1) is 27.1. The summed E-state index contributed by atoms with van der Waals surface area (Å²) in [6.45, 7) is 3.02. The topological polar surface area (TPSA) is 89.2 Å². The predicted octanol–water partition coefficient (Wildman–Crippen LogP) is 6.83. The van der Waals surface area contributed by atoms with Gasteiger partial charge in [0.05, 0.1) is 25.3 Å². The Morgan fingerprint density at radius 2 is 1.80 bits per heavy atom. The summed E-state index contributed by atoms with van der Waals surface area (Å²) < 4.78 is 17.3. The number of rotatable bonds is 12. The van der Waals surface area contributed by atoms with Gasteiger partial charge in [0.1, 0.15) is 5.75 Å². The molecule has 0 radical (unpaired) electrons. The summed E-state index contributed by atoms with van der Waals surface area (Å²) in [5.74, 6) is -0.541. The van der Waals surface area contributed by atoms with Gasteiger partial charge < -0.3 is 23.9 Å². The number of amides is 1. The summed E-state index contributed by atoms with van der Waals surface area (Å²) >= 11 is 0. The van der Waals surface area contributed by atoms with E-state index in [9.17, 15) is 14.7 Å². The van der Waals surface area contributed by atoms with Gasteiger partial charge in [-0.05, 0) is 48.2 Å². The van der Waals surface area contributed by atoms with Crippen molar-refractivity contribution in [2.45, 2.75) is 38.6 Å². The first-order valence-corrected chi connectivity index (χ1v) is 13.6. The normalized spacial score (nSPS) is 15.2. The molecule has 5 rings (SSSR count). The zero-order chi connectivity index (χ0) is 28.1. The van der Waals surface area contributed by atoms with Crippen LogP contribution in [0.2, 0.25) is 0 Å². The second kappa shape index (κ2) is 12.1. The molecular formula is C33H33NO6. The smallest absolute Gasteiger partial charge is 0.290 e. The van der Waals surface area contributed by atoms with Gasteiger partial charge in [-0.2, -0.15) is 0 Å². The predicted molar refractivity (Wildman–Crippen MR) is 153 cm³/mol. The SMILES string of the molecule is CCCCCOc1cccc(C2C(C(=O)c3cc4cccc(OC)c4o3)=C(O)C(=O)N2CCc2ccccc2)c1. The molecule has 1 N–H and O–H groups in total. The molecule has 0 spiro atoms. The van der Waals surface area contributed by atoms with Crippen molar-refractivity contribution in [1.29, 1.82) is 0 Å². The molecule has 0 fully saturated rings. The minimum Gasteiger partial charge on any atom is -0.503 e. The van der Waals surface area contributed by atoms with Crippen molar-refractivity contribution in [3.8, 4) is 11.5 Å². The molecule has 1 amide bonds. The van der Waals surface area contributed by atoms with E-state index in [1.54, 1.807) is 23.1 Å². The van der Waals surface area contributed by atoms with E-state index in [1.165, 1.54) is 7.11 Å². The van der Waals surface area contributed by atoms with Crippen LogP contribution in [0.25, 0.3) is 11.0 Å². The highest BCUT2D eigenvalue weighted by Gasteiger charge is 2.44. The van der Waals surface area contributed by atoms with Crippen LogP contribution < -0.4 is 9.47 Å². The molecule has 1 aliphatic rings. The first-order valence-electron chi connectivity index (χ1n) is 13.6. The van der Waals surface area contributed by atoms with Gasteiger partial charge in [-0.3, -0.25) is 9.59 Å². The number of aliphatic hydroxyl groups excluding tert-OH is 1. The van der Waals surface area contributed by atoms with Gasteiger partial charge in [0, 0.05) is 11.9 Å². The molecule has 1 unspecified atom stereocenters. The number of unbranched alkanes of at least 4 members (excludes halogenated alkanes) is 2. The number of furan rings is 1. The summed E-state index contributed by atoms with van der Waals surface area (Å²) in [5, 5.41) is 11.8. The number of benzene rings is 3. The third-order valence-corrected chi connectivity index (χ3v) is 7.17. The molecule has 40 heavy (non-hydrogen) atoms. The maximum Gasteiger partial charge on any atom is 0.290 e. The standard InChI is InChI=1S/C33H33NO6/c1-3-4-8-19-39-25-15-9-13-23(20-25)29-28(30(35)27-21-24-14-10-16-26(38-2)32(24)40-27)31(36)33(37)34(29)18-17-22-11-6-5-7-12-22/h5-7,9-16,20-21,29,36H,3-4,8,17-19H2,1-2H3. The van der Waals surface area contributed by atoms with E-state index >= 15 is 0 Å². The van der Waals surface area contributed by atoms with Crippen LogP contribution in [0.1, 0.15) is 53.9 Å². The minimum absolute atomic E-state index is 0.0146. The van der Waals surface area contributed by atoms with Crippen LogP contribution in [-0.2, 0) is 11.2 Å². The highest BCUT2D eigenvalue weighted by molar-refractivity contribution is 6.16. The number of hydrogen-bond donors (Lipinski definition) is 1. The van der Waals surface area contributed by atoms with Gasteiger partial charge >= 0.3 is 0 Å². The Morgan fingerprint density at radius 1 is 1.00 bits per heavy atom. The van der Waals surface area contributed by atoms with Crippen LogP contribution in [0, 0.1) is 0 Å². The van der Waals surface area contributed by atoms with Crippen LogP contribution in [0.5, 0.6) is 11.5 Å². The lowest BCUT2D eigenvalue weighted by atomic mass is 9.94. The summed E-state index contributed by atoms with van der Waals surface area (Å²) in [5.41, 5.74) is 2.14. The number of fused-ring (bicyclic) bond motifs is 1. The van der Waals surface area contributed by atoms with Gasteiger partial charge in [0.15, 0.2) is 22.9 Å². The average Bonchev–Trinajstić information content (AvgIpc) is 3.53. The van der Waals surface area contributed by atoms with Crippen LogP contribution in [0.15, 0.2) is 94.6 Å². The summed E-state index contributed by atoms with van der Waals surface area (Å²) in [6, 6.07) is 23.4. The fourth-order valence-electron chi connectivity index (χ4n) is 5.12. The Morgan fingerprint density at radius 3 is 2.58 bits per heavy atom. The molecular weight excluding hydrogens is 506 g/mol. The molecule has 206 valence electrons. The number of carbonyl (C=O) groups is 2. The first-order chi connectivity index (χ1) is 19.5. The molecule has 4 aromatic rings. The van der Waals surface area contributed by atoms with E-state index in [1.807, 2.05) is 60.7 Å². The average molecular weight is 540 g/mol. The largest absolute Gasteiger partial charge is 0.503 e. The second-order valence-electron chi connectivity index (χ2n) is 9.85. The zero-order valence-electron chi connectivity index (χ0n) is 22.8. The lowest BCUT2D eigenvalue weighted by Gasteiger charge is -2.27. The Labute approximate surface area is 233 Å². The Hall–Kier alpha value is -4.52. The van der Waals surface area contributed by atoms with Gasteiger partial charge in [-0.1, -0.05) is 74.4 Å². The number of ether oxygens (including phenoxy) is 2. The molecule has 7 nitrogen and oxygen atoms in total. The molecule has 1 aromatic heterocycles. The number of hydrogen-bond acceptors (Lipinski definition) is 6. The van der Waals surface area contributed by atoms with Crippen LogP contribution in [0.3, 0.4) is 0 Å². The molecule has 0 saturated carbocycles. The van der Waals surface area contributed by atoms with Crippen LogP contribution >= 0.6 is 0 Å². The van der Waals surface area contributed by atoms with E-state index in [2.05, 4.69) is 6.92 Å². The second-order valence-corrected chi connectivity index (χ2v) is 9.85. The van der Waals surface area contributed by atoms with E-state index in [0.717, 1.165) is 24.8 Å².